The van der Waals surface area contributed by atoms with Crippen LogP contribution in [-0.2, 0) is 20.1 Å². The van der Waals surface area contributed by atoms with Gasteiger partial charge in [-0.1, -0.05) is 47.2 Å². The summed E-state index contributed by atoms with van der Waals surface area (Å²) in [6.07, 6.45) is -2.52. The van der Waals surface area contributed by atoms with Gasteiger partial charge in [0.05, 0.1) is 19.3 Å². The van der Waals surface area contributed by atoms with E-state index in [0.717, 1.165) is 17.0 Å². The van der Waals surface area contributed by atoms with Gasteiger partial charge in [-0.15, -0.1) is 29.1 Å². The Bertz CT molecular complexity index is 1280. The van der Waals surface area contributed by atoms with Crippen LogP contribution in [0.5, 0.6) is 5.75 Å². The van der Waals surface area contributed by atoms with E-state index in [9.17, 15) is 0 Å². The van der Waals surface area contributed by atoms with Crippen molar-refractivity contribution in [3.8, 4) is 17.0 Å². The zero-order chi connectivity index (χ0) is 25.8. The molecule has 4 aromatic rings. The van der Waals surface area contributed by atoms with Crippen LogP contribution in [0.2, 0.25) is 0 Å². The molecule has 0 saturated carbocycles. The van der Waals surface area contributed by atoms with Crippen LogP contribution in [0.3, 0.4) is 0 Å². The second-order valence-corrected chi connectivity index (χ2v) is 6.48. The number of fused-ring (bicyclic) bond motifs is 3. The summed E-state index contributed by atoms with van der Waals surface area (Å²) >= 11 is 0. The quantitative estimate of drug-likeness (QED) is 0.261. The zero-order valence-electron chi connectivity index (χ0n) is 22.3. The molecule has 1 radical (unpaired) electrons. The standard InChI is InChI=1S/C20H14NO.C5H12O2.Ir/c1-22-17-10-11-21-20(13-17)16-8-9-19-15(12-16)7-6-14-4-2-3-5-18(14)19;1-4(6)3-5(2)7;/h2-7,9-13H,1H3;4-7H,3H2,1-2H3;/q-1;;/i;1D3,2D3;. The van der Waals surface area contributed by atoms with Gasteiger partial charge in [0.25, 0.3) is 0 Å². The monoisotopic (exact) mass is 587 g/mol. The number of methoxy groups -OCH3 is 1. The number of aliphatic hydroxyl groups is 2. The molecular formula is C25H26IrNO3-. The van der Waals surface area contributed by atoms with E-state index in [2.05, 4.69) is 53.5 Å². The van der Waals surface area contributed by atoms with Gasteiger partial charge in [-0.2, -0.15) is 0 Å². The minimum absolute atomic E-state index is 0. The summed E-state index contributed by atoms with van der Waals surface area (Å²) in [6.45, 7) is -5.29. The van der Waals surface area contributed by atoms with Crippen LogP contribution >= 0.6 is 0 Å². The normalized spacial score (nSPS) is 16.2. The maximum Gasteiger partial charge on any atom is 0.113 e. The summed E-state index contributed by atoms with van der Waals surface area (Å²) in [6, 6.07) is 24.0. The van der Waals surface area contributed by atoms with Crippen LogP contribution < -0.4 is 4.74 Å². The Balaban J connectivity index is 0.000000285. The second-order valence-electron chi connectivity index (χ2n) is 6.48. The van der Waals surface area contributed by atoms with E-state index in [1.165, 1.54) is 21.5 Å². The molecule has 0 aliphatic heterocycles. The van der Waals surface area contributed by atoms with Gasteiger partial charge in [-0.05, 0) is 43.3 Å². The summed E-state index contributed by atoms with van der Waals surface area (Å²) in [5, 5.41) is 22.8. The molecule has 0 spiro atoms. The predicted octanol–water partition coefficient (Wildman–Crippen LogP) is 5.00. The molecule has 4 nitrogen and oxygen atoms in total. The van der Waals surface area contributed by atoms with E-state index < -0.39 is 32.3 Å². The Morgan fingerprint density at radius 3 is 2.47 bits per heavy atom. The number of hydrogen-bond acceptors (Lipinski definition) is 4. The summed E-state index contributed by atoms with van der Waals surface area (Å²) in [5.41, 5.74) is 1.84. The van der Waals surface area contributed by atoms with Gasteiger partial charge in [0.2, 0.25) is 0 Å². The van der Waals surface area contributed by atoms with Gasteiger partial charge in [-0.3, -0.25) is 0 Å². The molecule has 159 valence electrons. The van der Waals surface area contributed by atoms with Crippen LogP contribution in [0.15, 0.2) is 66.9 Å². The molecule has 1 aromatic heterocycles. The number of hydrogen-bond donors (Lipinski definition) is 2. The maximum atomic E-state index is 8.95. The van der Waals surface area contributed by atoms with Crippen molar-refractivity contribution in [1.29, 1.82) is 0 Å². The Hall–Kier alpha value is -2.30. The first kappa shape index (κ1) is 16.4. The molecule has 30 heavy (non-hydrogen) atoms. The Morgan fingerprint density at radius 1 is 1.00 bits per heavy atom. The minimum Gasteiger partial charge on any atom is -0.497 e. The van der Waals surface area contributed by atoms with Crippen molar-refractivity contribution in [3.63, 3.8) is 0 Å². The van der Waals surface area contributed by atoms with Crippen molar-refractivity contribution in [2.45, 2.75) is 32.3 Å². The Morgan fingerprint density at radius 2 is 1.73 bits per heavy atom. The number of benzene rings is 3. The molecule has 5 heteroatoms. The Labute approximate surface area is 199 Å². The third-order valence-electron chi connectivity index (χ3n) is 4.37. The van der Waals surface area contributed by atoms with E-state index in [1.807, 2.05) is 18.2 Å². The number of ether oxygens (including phenoxy) is 1. The average Bonchev–Trinajstić information content (AvgIpc) is 2.82. The number of aliphatic hydroxyl groups excluding tert-OH is 2. The summed E-state index contributed by atoms with van der Waals surface area (Å²) in [7, 11) is 1.66. The first-order chi connectivity index (χ1) is 16.4. The molecule has 3 aromatic carbocycles. The first-order valence-corrected chi connectivity index (χ1v) is 9.10. The molecule has 2 atom stereocenters. The smallest absolute Gasteiger partial charge is 0.113 e. The van der Waals surface area contributed by atoms with Gasteiger partial charge in [0.15, 0.2) is 0 Å². The molecule has 0 aliphatic carbocycles. The molecule has 0 amide bonds. The number of pyridine rings is 1. The van der Waals surface area contributed by atoms with Gasteiger partial charge in [-0.25, -0.2) is 0 Å². The predicted molar refractivity (Wildman–Crippen MR) is 118 cm³/mol. The summed E-state index contributed by atoms with van der Waals surface area (Å²) in [4.78, 5) is 4.42. The molecule has 1 heterocycles. The molecular weight excluding hydrogens is 554 g/mol. The molecule has 4 rings (SSSR count). The topological polar surface area (TPSA) is 62.6 Å². The largest absolute Gasteiger partial charge is 0.497 e. The van der Waals surface area contributed by atoms with Crippen LogP contribution in [-0.4, -0.2) is 34.5 Å². The van der Waals surface area contributed by atoms with E-state index in [-0.39, 0.29) is 20.1 Å². The van der Waals surface area contributed by atoms with Gasteiger partial charge < -0.3 is 19.9 Å². The van der Waals surface area contributed by atoms with Crippen molar-refractivity contribution >= 4 is 21.5 Å². The van der Waals surface area contributed by atoms with Gasteiger partial charge in [0, 0.05) is 34.5 Å². The van der Waals surface area contributed by atoms with E-state index >= 15 is 0 Å². The van der Waals surface area contributed by atoms with Gasteiger partial charge >= 0.3 is 0 Å². The van der Waals surface area contributed by atoms with Gasteiger partial charge in [0.1, 0.15) is 5.75 Å². The third-order valence-corrected chi connectivity index (χ3v) is 4.37. The molecule has 2 N–H and O–H groups in total. The van der Waals surface area contributed by atoms with E-state index in [0.29, 0.717) is 0 Å². The SMILES string of the molecule is COc1ccnc(-c2[c-]cc3c(ccc4ccccc43)c2)c1.[2H]C([2H])([2H])C(O)CC(O)C([2H])([2H])[2H].[Ir]. The van der Waals surface area contributed by atoms with Crippen molar-refractivity contribution in [2.24, 2.45) is 0 Å². The molecule has 0 fully saturated rings. The number of rotatable bonds is 4. The fourth-order valence-electron chi connectivity index (χ4n) is 2.99. The van der Waals surface area contributed by atoms with Crippen LogP contribution in [0.4, 0.5) is 0 Å². The van der Waals surface area contributed by atoms with E-state index in [4.69, 9.17) is 23.2 Å². The number of nitrogens with zero attached hydrogens (tertiary/aromatic N) is 1. The van der Waals surface area contributed by atoms with Crippen LogP contribution in [0, 0.1) is 6.07 Å². The molecule has 0 aliphatic rings. The minimum atomic E-state index is -2.65. The van der Waals surface area contributed by atoms with E-state index in [1.54, 1.807) is 13.3 Å². The van der Waals surface area contributed by atoms with Crippen molar-refractivity contribution < 1.29 is 43.3 Å². The zero-order valence-corrected chi connectivity index (χ0v) is 18.7. The fraction of sp³-hybridized carbons (Fsp3) is 0.240. The Kier molecular flexibility index (Phi) is 6.12. The van der Waals surface area contributed by atoms with Crippen LogP contribution in [0.1, 0.15) is 28.3 Å². The number of aromatic nitrogens is 1. The summed E-state index contributed by atoms with van der Waals surface area (Å²) in [5.74, 6) is 0.803. The maximum absolute atomic E-state index is 8.95. The fourth-order valence-corrected chi connectivity index (χ4v) is 2.99. The van der Waals surface area contributed by atoms with Crippen LogP contribution in [0.25, 0.3) is 32.8 Å². The third kappa shape index (κ3) is 6.10. The van der Waals surface area contributed by atoms with Crippen molar-refractivity contribution in [1.82, 2.24) is 4.98 Å². The second kappa shape index (κ2) is 11.2. The summed E-state index contributed by atoms with van der Waals surface area (Å²) < 4.78 is 45.6. The van der Waals surface area contributed by atoms with Crippen molar-refractivity contribution in [3.05, 3.63) is 72.9 Å². The molecule has 2 unspecified atom stereocenters. The average molecular weight is 587 g/mol. The first-order valence-electron chi connectivity index (χ1n) is 12.1. The molecule has 0 saturated heterocycles. The van der Waals surface area contributed by atoms with Crippen molar-refractivity contribution in [2.75, 3.05) is 7.11 Å². The molecule has 0 bridgehead atoms.